The summed E-state index contributed by atoms with van der Waals surface area (Å²) in [6.45, 7) is 7.80. The molecule has 0 amide bonds. The maximum atomic E-state index is 3.91. The van der Waals surface area contributed by atoms with Gasteiger partial charge in [0.1, 0.15) is 0 Å². The lowest BCUT2D eigenvalue weighted by Crippen LogP contribution is -2.45. The largest absolute Gasteiger partial charge is 0.313 e. The van der Waals surface area contributed by atoms with Crippen LogP contribution in [0.5, 0.6) is 0 Å². The summed E-state index contributed by atoms with van der Waals surface area (Å²) in [6.07, 6.45) is 8.71. The summed E-state index contributed by atoms with van der Waals surface area (Å²) < 4.78 is 0. The molecule has 0 aromatic rings. The minimum absolute atomic E-state index is 0.841. The molecule has 0 aromatic carbocycles. The summed E-state index contributed by atoms with van der Waals surface area (Å²) >= 11 is 0. The first kappa shape index (κ1) is 12.0. The fraction of sp³-hybridized carbons (Fsp3) is 1.00. The Balaban J connectivity index is 1.42. The molecule has 0 radical (unpaired) electrons. The zero-order chi connectivity index (χ0) is 11.7. The SMILES string of the molecule is CC1CCC(CNC2CCN3CCC2C3)CC1. The van der Waals surface area contributed by atoms with Gasteiger partial charge in [-0.1, -0.05) is 19.8 Å². The summed E-state index contributed by atoms with van der Waals surface area (Å²) in [5, 5.41) is 3.91. The third-order valence-corrected chi connectivity index (χ3v) is 5.44. The summed E-state index contributed by atoms with van der Waals surface area (Å²) in [5.41, 5.74) is 0. The van der Waals surface area contributed by atoms with Crippen molar-refractivity contribution in [3.63, 3.8) is 0 Å². The van der Waals surface area contributed by atoms with Gasteiger partial charge in [-0.15, -0.1) is 0 Å². The van der Waals surface area contributed by atoms with E-state index in [0.29, 0.717) is 0 Å². The van der Waals surface area contributed by atoms with Gasteiger partial charge in [0.2, 0.25) is 0 Å². The van der Waals surface area contributed by atoms with Crippen molar-refractivity contribution in [3.8, 4) is 0 Å². The molecule has 1 saturated carbocycles. The third kappa shape index (κ3) is 2.85. The van der Waals surface area contributed by atoms with E-state index in [-0.39, 0.29) is 0 Å². The van der Waals surface area contributed by atoms with E-state index in [1.165, 1.54) is 64.7 Å². The van der Waals surface area contributed by atoms with Gasteiger partial charge in [0, 0.05) is 12.6 Å². The van der Waals surface area contributed by atoms with E-state index in [2.05, 4.69) is 17.1 Å². The predicted octanol–water partition coefficient (Wildman–Crippen LogP) is 2.50. The van der Waals surface area contributed by atoms with Crippen LogP contribution in [0.2, 0.25) is 0 Å². The molecule has 3 aliphatic rings. The maximum Gasteiger partial charge on any atom is 0.0120 e. The van der Waals surface area contributed by atoms with Crippen LogP contribution in [0.15, 0.2) is 0 Å². The van der Waals surface area contributed by atoms with Crippen molar-refractivity contribution in [2.24, 2.45) is 17.8 Å². The number of fused-ring (bicyclic) bond motifs is 2. The molecule has 2 nitrogen and oxygen atoms in total. The van der Waals surface area contributed by atoms with Gasteiger partial charge in [-0.3, -0.25) is 0 Å². The van der Waals surface area contributed by atoms with Gasteiger partial charge in [-0.2, -0.15) is 0 Å². The topological polar surface area (TPSA) is 15.3 Å². The molecule has 2 bridgehead atoms. The summed E-state index contributed by atoms with van der Waals surface area (Å²) in [4.78, 5) is 2.64. The summed E-state index contributed by atoms with van der Waals surface area (Å²) in [5.74, 6) is 2.93. The van der Waals surface area contributed by atoms with E-state index >= 15 is 0 Å². The van der Waals surface area contributed by atoms with Crippen molar-refractivity contribution < 1.29 is 0 Å². The molecule has 98 valence electrons. The van der Waals surface area contributed by atoms with Crippen molar-refractivity contribution in [1.82, 2.24) is 10.2 Å². The standard InChI is InChI=1S/C15H28N2/c1-12-2-4-13(5-3-12)10-16-15-7-9-17-8-6-14(15)11-17/h12-16H,2-11H2,1H3. The second-order valence-electron chi connectivity index (χ2n) is 6.78. The molecular formula is C15H28N2. The first-order valence-corrected chi connectivity index (χ1v) is 7.77. The van der Waals surface area contributed by atoms with Gasteiger partial charge >= 0.3 is 0 Å². The second-order valence-corrected chi connectivity index (χ2v) is 6.78. The van der Waals surface area contributed by atoms with Crippen molar-refractivity contribution in [3.05, 3.63) is 0 Å². The van der Waals surface area contributed by atoms with Gasteiger partial charge in [-0.25, -0.2) is 0 Å². The average Bonchev–Trinajstić information content (AvgIpc) is 2.73. The van der Waals surface area contributed by atoms with E-state index in [9.17, 15) is 0 Å². The molecule has 3 atom stereocenters. The molecule has 2 heteroatoms. The lowest BCUT2D eigenvalue weighted by molar-refractivity contribution is 0.204. The Hall–Kier alpha value is -0.0800. The summed E-state index contributed by atoms with van der Waals surface area (Å²) in [6, 6.07) is 0.841. The Kier molecular flexibility index (Phi) is 3.72. The Morgan fingerprint density at radius 2 is 1.76 bits per heavy atom. The molecule has 1 N–H and O–H groups in total. The van der Waals surface area contributed by atoms with E-state index < -0.39 is 0 Å². The van der Waals surface area contributed by atoms with Crippen LogP contribution in [0.3, 0.4) is 0 Å². The summed E-state index contributed by atoms with van der Waals surface area (Å²) in [7, 11) is 0. The zero-order valence-corrected chi connectivity index (χ0v) is 11.3. The van der Waals surface area contributed by atoms with Crippen molar-refractivity contribution >= 4 is 0 Å². The number of rotatable bonds is 3. The number of nitrogens with zero attached hydrogens (tertiary/aromatic N) is 1. The minimum atomic E-state index is 0.841. The van der Waals surface area contributed by atoms with Gasteiger partial charge in [0.05, 0.1) is 0 Å². The fourth-order valence-corrected chi connectivity index (χ4v) is 4.07. The molecule has 3 unspecified atom stereocenters. The van der Waals surface area contributed by atoms with Crippen LogP contribution >= 0.6 is 0 Å². The number of piperidine rings is 1. The average molecular weight is 236 g/mol. The Morgan fingerprint density at radius 3 is 2.59 bits per heavy atom. The number of hydrogen-bond acceptors (Lipinski definition) is 2. The van der Waals surface area contributed by atoms with Crippen molar-refractivity contribution in [1.29, 1.82) is 0 Å². The number of hydrogen-bond donors (Lipinski definition) is 1. The quantitative estimate of drug-likeness (QED) is 0.810. The highest BCUT2D eigenvalue weighted by Crippen LogP contribution is 2.30. The minimum Gasteiger partial charge on any atom is -0.313 e. The van der Waals surface area contributed by atoms with Gasteiger partial charge in [0.15, 0.2) is 0 Å². The van der Waals surface area contributed by atoms with Crippen LogP contribution in [-0.4, -0.2) is 37.1 Å². The molecule has 3 fully saturated rings. The molecule has 3 rings (SSSR count). The van der Waals surface area contributed by atoms with Gasteiger partial charge < -0.3 is 10.2 Å². The van der Waals surface area contributed by atoms with E-state index in [1.807, 2.05) is 0 Å². The van der Waals surface area contributed by atoms with Crippen LogP contribution in [0.1, 0.15) is 45.4 Å². The normalized spacial score (nSPS) is 46.1. The van der Waals surface area contributed by atoms with Crippen LogP contribution in [-0.2, 0) is 0 Å². The molecule has 0 spiro atoms. The molecular weight excluding hydrogens is 208 g/mol. The Morgan fingerprint density at radius 1 is 1.00 bits per heavy atom. The van der Waals surface area contributed by atoms with E-state index in [0.717, 1.165) is 23.8 Å². The first-order chi connectivity index (χ1) is 8.31. The molecule has 1 aliphatic carbocycles. The van der Waals surface area contributed by atoms with Crippen LogP contribution < -0.4 is 5.32 Å². The molecule has 2 heterocycles. The third-order valence-electron chi connectivity index (χ3n) is 5.44. The molecule has 2 saturated heterocycles. The fourth-order valence-electron chi connectivity index (χ4n) is 4.07. The zero-order valence-electron chi connectivity index (χ0n) is 11.3. The Bertz CT molecular complexity index is 245. The first-order valence-electron chi connectivity index (χ1n) is 7.77. The molecule has 0 aromatic heterocycles. The van der Waals surface area contributed by atoms with Crippen LogP contribution in [0.25, 0.3) is 0 Å². The maximum absolute atomic E-state index is 3.91. The molecule has 17 heavy (non-hydrogen) atoms. The van der Waals surface area contributed by atoms with E-state index in [1.54, 1.807) is 0 Å². The smallest absolute Gasteiger partial charge is 0.0120 e. The van der Waals surface area contributed by atoms with Gasteiger partial charge in [0.25, 0.3) is 0 Å². The lowest BCUT2D eigenvalue weighted by atomic mass is 9.82. The van der Waals surface area contributed by atoms with Crippen LogP contribution in [0.4, 0.5) is 0 Å². The van der Waals surface area contributed by atoms with Crippen molar-refractivity contribution in [2.45, 2.75) is 51.5 Å². The van der Waals surface area contributed by atoms with Gasteiger partial charge in [-0.05, 0) is 63.1 Å². The number of nitrogens with one attached hydrogen (secondary N) is 1. The Labute approximate surface area is 106 Å². The second kappa shape index (κ2) is 5.27. The van der Waals surface area contributed by atoms with E-state index in [4.69, 9.17) is 0 Å². The van der Waals surface area contributed by atoms with Crippen molar-refractivity contribution in [2.75, 3.05) is 26.2 Å². The highest BCUT2D eigenvalue weighted by atomic mass is 15.2. The molecule has 2 aliphatic heterocycles. The predicted molar refractivity (Wildman–Crippen MR) is 72.1 cm³/mol. The monoisotopic (exact) mass is 236 g/mol. The lowest BCUT2D eigenvalue weighted by Gasteiger charge is -2.33. The van der Waals surface area contributed by atoms with Crippen LogP contribution in [0, 0.1) is 17.8 Å². The highest BCUT2D eigenvalue weighted by molar-refractivity contribution is 4.91. The highest BCUT2D eigenvalue weighted by Gasteiger charge is 2.34.